The van der Waals surface area contributed by atoms with Gasteiger partial charge in [0.15, 0.2) is 0 Å². The van der Waals surface area contributed by atoms with Crippen molar-refractivity contribution in [2.45, 2.75) is 0 Å². The van der Waals surface area contributed by atoms with Crippen LogP contribution in [-0.2, 0) is 0 Å². The van der Waals surface area contributed by atoms with Crippen LogP contribution in [0, 0.1) is 0 Å². The molecule has 0 amide bonds. The van der Waals surface area contributed by atoms with E-state index in [0.29, 0.717) is 11.4 Å². The molecule has 6 N–H and O–H groups in total. The Hall–Kier alpha value is -6.80. The number of phenolic OH excluding ortho intramolecular Hbond substituents is 4. The molecular formula is C40H30N2O6. The minimum Gasteiger partial charge on any atom is -0.507 e. The highest BCUT2D eigenvalue weighted by Crippen LogP contribution is 2.54. The van der Waals surface area contributed by atoms with E-state index < -0.39 is 34.5 Å². The molecule has 0 heterocycles. The smallest absolute Gasteiger partial charge is 0.139 e. The van der Waals surface area contributed by atoms with Crippen molar-refractivity contribution >= 4 is 45.3 Å². The van der Waals surface area contributed by atoms with E-state index in [4.69, 9.17) is 0 Å². The lowest BCUT2D eigenvalue weighted by molar-refractivity contribution is 0.382. The number of phenols is 4. The molecule has 48 heavy (non-hydrogen) atoms. The molecule has 236 valence electrons. The number of hydrogen-bond acceptors (Lipinski definition) is 8. The lowest BCUT2D eigenvalue weighted by atomic mass is 9.83. The molecule has 0 radical (unpaired) electrons. The van der Waals surface area contributed by atoms with Gasteiger partial charge in [0.05, 0.1) is 33.6 Å². The standard InChI is InChI=1S/C40H30N2O6/c43-31-21-29(41(25-13-5-1-6-14-25)26-15-7-2-8-16-26)22-32(44)35(31)37-39(47)38(40(37)48)36-33(45)23-30(24-34(36)46)42(27-17-9-3-10-18-27)28-19-11-4-12-20-28/h1-24,43-48H. The van der Waals surface area contributed by atoms with Gasteiger partial charge >= 0.3 is 0 Å². The molecule has 0 unspecified atom stereocenters. The van der Waals surface area contributed by atoms with Crippen molar-refractivity contribution in [3.8, 4) is 23.0 Å². The van der Waals surface area contributed by atoms with Gasteiger partial charge in [-0.25, -0.2) is 0 Å². The van der Waals surface area contributed by atoms with Crippen molar-refractivity contribution < 1.29 is 30.6 Å². The number of nitrogens with zero attached hydrogens (tertiary/aromatic N) is 2. The summed E-state index contributed by atoms with van der Waals surface area (Å²) in [5, 5.41) is 67.2. The molecule has 7 rings (SSSR count). The van der Waals surface area contributed by atoms with E-state index in [2.05, 4.69) is 0 Å². The molecule has 0 fully saturated rings. The Morgan fingerprint density at radius 2 is 0.521 bits per heavy atom. The number of anilines is 6. The van der Waals surface area contributed by atoms with E-state index in [9.17, 15) is 30.6 Å². The Kier molecular flexibility index (Phi) is 7.59. The normalized spacial score (nSPS) is 12.5. The van der Waals surface area contributed by atoms with Crippen molar-refractivity contribution in [2.24, 2.45) is 0 Å². The minimum atomic E-state index is -0.518. The lowest BCUT2D eigenvalue weighted by Gasteiger charge is -2.29. The maximum atomic E-state index is 11.2. The van der Waals surface area contributed by atoms with Crippen molar-refractivity contribution in [3.05, 3.63) is 168 Å². The quantitative estimate of drug-likeness (QED) is 0.0977. The van der Waals surface area contributed by atoms with Crippen LogP contribution in [0.25, 0.3) is 11.1 Å². The van der Waals surface area contributed by atoms with Gasteiger partial charge in [0.25, 0.3) is 0 Å². The summed E-state index contributed by atoms with van der Waals surface area (Å²) in [6.07, 6.45) is 0. The predicted molar refractivity (Wildman–Crippen MR) is 188 cm³/mol. The van der Waals surface area contributed by atoms with Gasteiger partial charge in [-0.2, -0.15) is 0 Å². The summed E-state index contributed by atoms with van der Waals surface area (Å²) in [5.74, 6) is -2.65. The Morgan fingerprint density at radius 3 is 0.750 bits per heavy atom. The molecule has 0 spiro atoms. The maximum absolute atomic E-state index is 11.2. The van der Waals surface area contributed by atoms with Crippen LogP contribution in [0.4, 0.5) is 34.1 Å². The van der Waals surface area contributed by atoms with Crippen LogP contribution >= 0.6 is 0 Å². The van der Waals surface area contributed by atoms with E-state index >= 15 is 0 Å². The highest BCUT2D eigenvalue weighted by Gasteiger charge is 2.38. The third kappa shape index (κ3) is 5.17. The molecule has 0 saturated carbocycles. The molecule has 1 aliphatic rings. The molecule has 0 aliphatic heterocycles. The zero-order valence-electron chi connectivity index (χ0n) is 25.4. The fourth-order valence-electron chi connectivity index (χ4n) is 6.05. The van der Waals surface area contributed by atoms with Crippen molar-refractivity contribution in [3.63, 3.8) is 0 Å². The van der Waals surface area contributed by atoms with Crippen LogP contribution in [0.15, 0.2) is 157 Å². The number of aliphatic hydroxyl groups is 2. The summed E-state index contributed by atoms with van der Waals surface area (Å²) in [5.41, 5.74) is 3.12. The fourth-order valence-corrected chi connectivity index (χ4v) is 6.05. The van der Waals surface area contributed by atoms with Crippen molar-refractivity contribution in [1.29, 1.82) is 0 Å². The Labute approximate surface area is 276 Å². The van der Waals surface area contributed by atoms with Gasteiger partial charge in [0, 0.05) is 47.0 Å². The van der Waals surface area contributed by atoms with Gasteiger partial charge in [-0.15, -0.1) is 0 Å². The van der Waals surface area contributed by atoms with Gasteiger partial charge in [-0.05, 0) is 48.5 Å². The molecule has 6 aromatic carbocycles. The largest absolute Gasteiger partial charge is 0.507 e. The van der Waals surface area contributed by atoms with Crippen LogP contribution in [-0.4, -0.2) is 30.6 Å². The van der Waals surface area contributed by atoms with E-state index in [1.165, 1.54) is 24.3 Å². The number of rotatable bonds is 8. The van der Waals surface area contributed by atoms with E-state index in [0.717, 1.165) is 22.7 Å². The second kappa shape index (κ2) is 12.2. The molecule has 1 aliphatic carbocycles. The number of hydrogen-bond donors (Lipinski definition) is 6. The predicted octanol–water partition coefficient (Wildman–Crippen LogP) is 9.70. The second-order valence-corrected chi connectivity index (χ2v) is 11.2. The van der Waals surface area contributed by atoms with Crippen LogP contribution in [0.1, 0.15) is 11.1 Å². The topological polar surface area (TPSA) is 128 Å². The summed E-state index contributed by atoms with van der Waals surface area (Å²) in [6, 6.07) is 43.3. The summed E-state index contributed by atoms with van der Waals surface area (Å²) >= 11 is 0. The molecule has 0 aromatic heterocycles. The molecule has 8 heteroatoms. The van der Waals surface area contributed by atoms with Crippen LogP contribution in [0.3, 0.4) is 0 Å². The second-order valence-electron chi connectivity index (χ2n) is 11.2. The van der Waals surface area contributed by atoms with Crippen LogP contribution < -0.4 is 9.80 Å². The minimum absolute atomic E-state index is 0.200. The SMILES string of the molecule is OC1=C(c2c(O)cc(N(c3ccccc3)c3ccccc3)cc2O)C(O)=C1c1c(O)cc(N(c2ccccc2)c2ccccc2)cc1O. The zero-order chi connectivity index (χ0) is 33.4. The zero-order valence-corrected chi connectivity index (χ0v) is 25.4. The number of aromatic hydroxyl groups is 4. The Bertz CT molecular complexity index is 1890. The van der Waals surface area contributed by atoms with E-state index in [1.807, 2.05) is 131 Å². The van der Waals surface area contributed by atoms with Crippen LogP contribution in [0.5, 0.6) is 23.0 Å². The molecule has 6 aromatic rings. The molecule has 8 nitrogen and oxygen atoms in total. The molecule has 0 bridgehead atoms. The fraction of sp³-hybridized carbons (Fsp3) is 0. The maximum Gasteiger partial charge on any atom is 0.139 e. The summed E-state index contributed by atoms with van der Waals surface area (Å²) in [6.45, 7) is 0. The average Bonchev–Trinajstić information content (AvgIpc) is 3.10. The van der Waals surface area contributed by atoms with Gasteiger partial charge in [-0.3, -0.25) is 0 Å². The molecular weight excluding hydrogens is 604 g/mol. The summed E-state index contributed by atoms with van der Waals surface area (Å²) in [7, 11) is 0. The third-order valence-corrected chi connectivity index (χ3v) is 8.18. The molecule has 0 saturated heterocycles. The third-order valence-electron chi connectivity index (χ3n) is 8.18. The summed E-state index contributed by atoms with van der Waals surface area (Å²) in [4.78, 5) is 3.68. The number of benzene rings is 6. The van der Waals surface area contributed by atoms with Gasteiger partial charge in [-0.1, -0.05) is 72.8 Å². The van der Waals surface area contributed by atoms with Crippen molar-refractivity contribution in [2.75, 3.05) is 9.80 Å². The van der Waals surface area contributed by atoms with Gasteiger partial charge in [0.1, 0.15) is 34.5 Å². The number of aliphatic hydroxyl groups excluding tert-OH is 2. The Balaban J connectivity index is 1.26. The summed E-state index contributed by atoms with van der Waals surface area (Å²) < 4.78 is 0. The lowest BCUT2D eigenvalue weighted by Crippen LogP contribution is -2.13. The van der Waals surface area contributed by atoms with Crippen LogP contribution in [0.2, 0.25) is 0 Å². The van der Waals surface area contributed by atoms with Gasteiger partial charge < -0.3 is 40.4 Å². The number of para-hydroxylation sites is 4. The number of allylic oxidation sites excluding steroid dienone is 2. The Morgan fingerprint density at radius 1 is 0.292 bits per heavy atom. The highest BCUT2D eigenvalue weighted by molar-refractivity contribution is 6.10. The highest BCUT2D eigenvalue weighted by atomic mass is 16.3. The first-order valence-electron chi connectivity index (χ1n) is 15.1. The van der Waals surface area contributed by atoms with E-state index in [1.54, 1.807) is 0 Å². The monoisotopic (exact) mass is 634 g/mol. The first kappa shape index (κ1) is 29.9. The average molecular weight is 635 g/mol. The first-order valence-corrected chi connectivity index (χ1v) is 15.1. The first-order chi connectivity index (χ1) is 23.3. The van der Waals surface area contributed by atoms with E-state index in [-0.39, 0.29) is 22.3 Å². The van der Waals surface area contributed by atoms with Crippen molar-refractivity contribution in [1.82, 2.24) is 0 Å². The van der Waals surface area contributed by atoms with Gasteiger partial charge in [0.2, 0.25) is 0 Å². The molecule has 0 atom stereocenters.